The molecule has 0 radical (unpaired) electrons. The number of hydrogen-bond donors (Lipinski definition) is 2. The van der Waals surface area contributed by atoms with Gasteiger partial charge in [-0.05, 0) is 20.8 Å². The van der Waals surface area contributed by atoms with Gasteiger partial charge in [0.15, 0.2) is 0 Å². The Morgan fingerprint density at radius 1 is 1.27 bits per heavy atom. The van der Waals surface area contributed by atoms with Crippen LogP contribution in [0.15, 0.2) is 11.3 Å². The molecule has 0 spiro atoms. The molecule has 22 heavy (non-hydrogen) atoms. The van der Waals surface area contributed by atoms with E-state index in [0.717, 1.165) is 0 Å². The van der Waals surface area contributed by atoms with E-state index in [2.05, 4.69) is 10.6 Å². The van der Waals surface area contributed by atoms with Crippen LogP contribution in [0.2, 0.25) is 0 Å². The molecular formula is C13H22N4O4S. The molecule has 0 aromatic heterocycles. The van der Waals surface area contributed by atoms with E-state index in [9.17, 15) is 18.0 Å². The van der Waals surface area contributed by atoms with E-state index in [1.54, 1.807) is 25.7 Å². The number of amides is 3. The van der Waals surface area contributed by atoms with E-state index in [1.165, 1.54) is 4.31 Å². The lowest BCUT2D eigenvalue weighted by Crippen LogP contribution is -2.55. The third-order valence-electron chi connectivity index (χ3n) is 4.00. The van der Waals surface area contributed by atoms with E-state index >= 15 is 0 Å². The van der Waals surface area contributed by atoms with Gasteiger partial charge in [0.25, 0.3) is 5.91 Å². The number of rotatable bonds is 3. The molecule has 2 aliphatic heterocycles. The third-order valence-corrected chi connectivity index (χ3v) is 5.88. The monoisotopic (exact) mass is 330 g/mol. The Morgan fingerprint density at radius 2 is 1.86 bits per heavy atom. The predicted molar refractivity (Wildman–Crippen MR) is 81.4 cm³/mol. The molecule has 2 aliphatic rings. The van der Waals surface area contributed by atoms with Crippen molar-refractivity contribution in [2.45, 2.75) is 26.8 Å². The summed E-state index contributed by atoms with van der Waals surface area (Å²) in [4.78, 5) is 25.6. The molecule has 9 heteroatoms. The minimum absolute atomic E-state index is 0.0677. The quantitative estimate of drug-likeness (QED) is 0.726. The summed E-state index contributed by atoms with van der Waals surface area (Å²) in [7, 11) is -3.21. The summed E-state index contributed by atoms with van der Waals surface area (Å²) in [5.41, 5.74) is 1.07. The summed E-state index contributed by atoms with van der Waals surface area (Å²) in [5.74, 6) is -0.0934. The number of allylic oxidation sites excluding steroid dienone is 1. The summed E-state index contributed by atoms with van der Waals surface area (Å²) < 4.78 is 25.1. The van der Waals surface area contributed by atoms with Gasteiger partial charge in [-0.2, -0.15) is 4.31 Å². The highest BCUT2D eigenvalue weighted by Gasteiger charge is 2.33. The van der Waals surface area contributed by atoms with Crippen LogP contribution >= 0.6 is 0 Å². The van der Waals surface area contributed by atoms with Gasteiger partial charge >= 0.3 is 6.03 Å². The van der Waals surface area contributed by atoms with E-state index in [0.29, 0.717) is 37.4 Å². The Morgan fingerprint density at radius 3 is 2.36 bits per heavy atom. The molecule has 1 atom stereocenters. The maximum absolute atomic E-state index is 12.6. The summed E-state index contributed by atoms with van der Waals surface area (Å²) in [5, 5.41) is 5.26. The van der Waals surface area contributed by atoms with E-state index in [-0.39, 0.29) is 23.7 Å². The standard InChI is InChI=1S/C13H22N4O4S/c1-4-22(20,21)17-7-5-16(6-8-17)12(18)11-9(2)14-13(19)15-10(11)3/h9H,4-8H2,1-3H3,(H2,14,15,19)/t9-/m1/s1. The van der Waals surface area contributed by atoms with Crippen LogP contribution < -0.4 is 10.6 Å². The Balaban J connectivity index is 2.07. The summed E-state index contributed by atoms with van der Waals surface area (Å²) in [6, 6.07) is -0.681. The van der Waals surface area contributed by atoms with Gasteiger partial charge in [-0.1, -0.05) is 0 Å². The molecular weight excluding hydrogens is 308 g/mol. The fraction of sp³-hybridized carbons (Fsp3) is 0.692. The minimum Gasteiger partial charge on any atom is -0.336 e. The fourth-order valence-electron chi connectivity index (χ4n) is 2.74. The zero-order valence-electron chi connectivity index (χ0n) is 13.0. The average molecular weight is 330 g/mol. The Kier molecular flexibility index (Phi) is 4.76. The fourth-order valence-corrected chi connectivity index (χ4v) is 3.82. The van der Waals surface area contributed by atoms with Gasteiger partial charge in [-0.3, -0.25) is 4.79 Å². The molecule has 2 heterocycles. The zero-order chi connectivity index (χ0) is 16.5. The lowest BCUT2D eigenvalue weighted by molar-refractivity contribution is -0.128. The maximum atomic E-state index is 12.6. The maximum Gasteiger partial charge on any atom is 0.319 e. The molecule has 124 valence electrons. The summed E-state index contributed by atoms with van der Waals surface area (Å²) in [6.45, 7) is 6.39. The minimum atomic E-state index is -3.21. The highest BCUT2D eigenvalue weighted by molar-refractivity contribution is 7.89. The highest BCUT2D eigenvalue weighted by Crippen LogP contribution is 2.17. The average Bonchev–Trinajstić information content (AvgIpc) is 2.46. The van der Waals surface area contributed by atoms with E-state index in [4.69, 9.17) is 0 Å². The van der Waals surface area contributed by atoms with Crippen molar-refractivity contribution in [2.24, 2.45) is 0 Å². The Labute approximate surface area is 130 Å². The second kappa shape index (κ2) is 6.25. The summed E-state index contributed by atoms with van der Waals surface area (Å²) >= 11 is 0. The molecule has 1 saturated heterocycles. The number of hydrogen-bond acceptors (Lipinski definition) is 4. The number of urea groups is 1. The first-order chi connectivity index (χ1) is 10.3. The third kappa shape index (κ3) is 3.25. The Hall–Kier alpha value is -1.61. The van der Waals surface area contributed by atoms with Crippen LogP contribution in [0, 0.1) is 0 Å². The highest BCUT2D eigenvalue weighted by atomic mass is 32.2. The van der Waals surface area contributed by atoms with Crippen LogP contribution in [-0.2, 0) is 14.8 Å². The van der Waals surface area contributed by atoms with Crippen LogP contribution in [-0.4, -0.2) is 67.5 Å². The second-order valence-corrected chi connectivity index (χ2v) is 7.71. The first-order valence-electron chi connectivity index (χ1n) is 7.31. The van der Waals surface area contributed by atoms with Gasteiger partial charge in [0, 0.05) is 31.9 Å². The van der Waals surface area contributed by atoms with Crippen molar-refractivity contribution in [1.82, 2.24) is 19.8 Å². The lowest BCUT2D eigenvalue weighted by Gasteiger charge is -2.36. The Bertz CT molecular complexity index is 606. The number of sulfonamides is 1. The van der Waals surface area contributed by atoms with Crippen LogP contribution in [0.4, 0.5) is 4.79 Å². The zero-order valence-corrected chi connectivity index (χ0v) is 13.9. The van der Waals surface area contributed by atoms with Crippen LogP contribution in [0.5, 0.6) is 0 Å². The molecule has 2 N–H and O–H groups in total. The van der Waals surface area contributed by atoms with Crippen molar-refractivity contribution >= 4 is 22.0 Å². The topological polar surface area (TPSA) is 98.8 Å². The number of piperazine rings is 1. The molecule has 0 bridgehead atoms. The first-order valence-corrected chi connectivity index (χ1v) is 8.92. The lowest BCUT2D eigenvalue weighted by atomic mass is 10.0. The van der Waals surface area contributed by atoms with E-state index < -0.39 is 10.0 Å². The van der Waals surface area contributed by atoms with Crippen LogP contribution in [0.3, 0.4) is 0 Å². The normalized spacial score (nSPS) is 24.0. The van der Waals surface area contributed by atoms with Gasteiger partial charge in [-0.15, -0.1) is 0 Å². The van der Waals surface area contributed by atoms with Crippen molar-refractivity contribution in [3.8, 4) is 0 Å². The number of nitrogens with one attached hydrogen (secondary N) is 2. The molecule has 0 aromatic rings. The SMILES string of the molecule is CCS(=O)(=O)N1CCN(C(=O)C2=C(C)NC(=O)N[C@@H]2C)CC1. The van der Waals surface area contributed by atoms with Crippen molar-refractivity contribution < 1.29 is 18.0 Å². The van der Waals surface area contributed by atoms with Crippen molar-refractivity contribution in [2.75, 3.05) is 31.9 Å². The number of nitrogens with zero attached hydrogens (tertiary/aromatic N) is 2. The molecule has 0 aliphatic carbocycles. The molecule has 3 amide bonds. The van der Waals surface area contributed by atoms with Gasteiger partial charge in [-0.25, -0.2) is 13.2 Å². The van der Waals surface area contributed by atoms with Gasteiger partial charge in [0.2, 0.25) is 10.0 Å². The second-order valence-electron chi connectivity index (χ2n) is 5.45. The smallest absolute Gasteiger partial charge is 0.319 e. The predicted octanol–water partition coefficient (Wildman–Crippen LogP) is -0.544. The van der Waals surface area contributed by atoms with Gasteiger partial charge in [0.05, 0.1) is 17.4 Å². The van der Waals surface area contributed by atoms with Crippen LogP contribution in [0.25, 0.3) is 0 Å². The largest absolute Gasteiger partial charge is 0.336 e. The van der Waals surface area contributed by atoms with Crippen molar-refractivity contribution in [1.29, 1.82) is 0 Å². The van der Waals surface area contributed by atoms with E-state index in [1.807, 2.05) is 0 Å². The van der Waals surface area contributed by atoms with Gasteiger partial charge < -0.3 is 15.5 Å². The number of carbonyl (C=O) groups is 2. The number of carbonyl (C=O) groups excluding carboxylic acids is 2. The summed E-state index contributed by atoms with van der Waals surface area (Å²) in [6.07, 6.45) is 0. The molecule has 1 fully saturated rings. The molecule has 0 aromatic carbocycles. The van der Waals surface area contributed by atoms with Crippen molar-refractivity contribution in [3.05, 3.63) is 11.3 Å². The van der Waals surface area contributed by atoms with Crippen LogP contribution in [0.1, 0.15) is 20.8 Å². The van der Waals surface area contributed by atoms with Gasteiger partial charge in [0.1, 0.15) is 0 Å². The first kappa shape index (κ1) is 16.8. The molecule has 2 rings (SSSR count). The molecule has 0 unspecified atom stereocenters. The molecule has 0 saturated carbocycles. The molecule has 8 nitrogen and oxygen atoms in total. The van der Waals surface area contributed by atoms with Crippen molar-refractivity contribution in [3.63, 3.8) is 0 Å².